The van der Waals surface area contributed by atoms with Crippen molar-refractivity contribution in [1.82, 2.24) is 4.90 Å². The lowest BCUT2D eigenvalue weighted by Crippen LogP contribution is -2.20. The van der Waals surface area contributed by atoms with Crippen LogP contribution in [-0.4, -0.2) is 45.0 Å². The van der Waals surface area contributed by atoms with Crippen molar-refractivity contribution >= 4 is 11.9 Å². The van der Waals surface area contributed by atoms with Gasteiger partial charge in [0.25, 0.3) is 0 Å². The van der Waals surface area contributed by atoms with Crippen LogP contribution in [0.2, 0.25) is 0 Å². The summed E-state index contributed by atoms with van der Waals surface area (Å²) in [6.07, 6.45) is 3.41. The van der Waals surface area contributed by atoms with Gasteiger partial charge in [-0.1, -0.05) is 53.6 Å². The van der Waals surface area contributed by atoms with Crippen molar-refractivity contribution in [3.63, 3.8) is 0 Å². The summed E-state index contributed by atoms with van der Waals surface area (Å²) in [6.45, 7) is 5.45. The van der Waals surface area contributed by atoms with Crippen molar-refractivity contribution in [1.29, 1.82) is 0 Å². The average Bonchev–Trinajstić information content (AvgIpc) is 2.77. The number of carbonyl (C=O) groups excluding carboxylic acids is 1. The number of carbonyl (C=O) groups is 1. The Hall–Kier alpha value is -3.37. The third-order valence-electron chi connectivity index (χ3n) is 5.14. The number of hydrogen-bond donors (Lipinski definition) is 0. The highest BCUT2D eigenvalue weighted by Crippen LogP contribution is 2.29. The summed E-state index contributed by atoms with van der Waals surface area (Å²) >= 11 is 0. The van der Waals surface area contributed by atoms with Crippen LogP contribution < -0.4 is 9.47 Å². The summed E-state index contributed by atoms with van der Waals surface area (Å²) in [5.41, 5.74) is 5.97. The van der Waals surface area contributed by atoms with Crippen LogP contribution in [0.3, 0.4) is 0 Å². The normalized spacial score (nSPS) is 11.2. The van der Waals surface area contributed by atoms with Crippen LogP contribution in [0.25, 0.3) is 17.2 Å². The zero-order chi connectivity index (χ0) is 23.1. The topological polar surface area (TPSA) is 38.8 Å². The van der Waals surface area contributed by atoms with E-state index in [1.165, 1.54) is 11.1 Å². The minimum Gasteiger partial charge on any atom is -0.497 e. The van der Waals surface area contributed by atoms with E-state index >= 15 is 0 Å². The second-order valence-electron chi connectivity index (χ2n) is 8.21. The van der Waals surface area contributed by atoms with Crippen LogP contribution in [0.15, 0.2) is 66.7 Å². The first-order chi connectivity index (χ1) is 15.4. The van der Waals surface area contributed by atoms with Gasteiger partial charge in [-0.2, -0.15) is 0 Å². The smallest absolute Gasteiger partial charge is 0.189 e. The largest absolute Gasteiger partial charge is 0.497 e. The Kier molecular flexibility index (Phi) is 7.85. The molecule has 3 aromatic rings. The van der Waals surface area contributed by atoms with Crippen LogP contribution in [0.4, 0.5) is 0 Å². The molecule has 32 heavy (non-hydrogen) atoms. The molecule has 0 aliphatic carbocycles. The number of ketones is 1. The number of aryl methyl sites for hydroxylation is 2. The van der Waals surface area contributed by atoms with Crippen LogP contribution in [0, 0.1) is 13.8 Å². The number of ether oxygens (including phenoxy) is 2. The van der Waals surface area contributed by atoms with E-state index in [0.29, 0.717) is 17.9 Å². The van der Waals surface area contributed by atoms with Crippen molar-refractivity contribution in [3.05, 3.63) is 89.0 Å². The molecule has 3 aromatic carbocycles. The average molecular weight is 430 g/mol. The first-order valence-electron chi connectivity index (χ1n) is 10.7. The Bertz CT molecular complexity index is 1080. The minimum absolute atomic E-state index is 0.0908. The Labute approximate surface area is 191 Å². The van der Waals surface area contributed by atoms with Crippen molar-refractivity contribution < 1.29 is 14.3 Å². The molecule has 0 spiro atoms. The van der Waals surface area contributed by atoms with Crippen LogP contribution >= 0.6 is 0 Å². The summed E-state index contributed by atoms with van der Waals surface area (Å²) < 4.78 is 11.2. The first-order valence-corrected chi connectivity index (χ1v) is 10.7. The fourth-order valence-corrected chi connectivity index (χ4v) is 3.48. The molecule has 0 bridgehead atoms. The summed E-state index contributed by atoms with van der Waals surface area (Å²) in [5, 5.41) is 0. The van der Waals surface area contributed by atoms with Gasteiger partial charge in [0.1, 0.15) is 18.1 Å². The Morgan fingerprint density at radius 3 is 2.22 bits per heavy atom. The van der Waals surface area contributed by atoms with Crippen molar-refractivity contribution in [2.45, 2.75) is 13.8 Å². The number of nitrogens with zero attached hydrogens (tertiary/aromatic N) is 1. The lowest BCUT2D eigenvalue weighted by atomic mass is 9.97. The van der Waals surface area contributed by atoms with Crippen LogP contribution in [0.5, 0.6) is 11.5 Å². The molecular weight excluding hydrogens is 398 g/mol. The van der Waals surface area contributed by atoms with Gasteiger partial charge in [-0.05, 0) is 75.0 Å². The third kappa shape index (κ3) is 6.32. The fraction of sp³-hybridized carbons (Fsp3) is 0.250. The van der Waals surface area contributed by atoms with Gasteiger partial charge >= 0.3 is 0 Å². The number of hydrogen-bond acceptors (Lipinski definition) is 4. The Morgan fingerprint density at radius 2 is 1.59 bits per heavy atom. The molecule has 3 rings (SSSR count). The number of likely N-dealkylation sites (N-methyl/N-ethyl adjacent to an activating group) is 1. The maximum Gasteiger partial charge on any atom is 0.189 e. The van der Waals surface area contributed by atoms with Gasteiger partial charge in [-0.3, -0.25) is 4.79 Å². The van der Waals surface area contributed by atoms with Gasteiger partial charge in [-0.15, -0.1) is 0 Å². The van der Waals surface area contributed by atoms with Gasteiger partial charge in [0.05, 0.1) is 12.7 Å². The standard InChI is InChI=1S/C28H31NO3/c1-20-16-21(2)18-24(17-20)23-9-13-28(32-15-14-29(3)4)26(19-23)27(30)12-8-22-6-10-25(31-5)11-7-22/h6-13,16-19H,14-15H2,1-5H3. The molecule has 0 atom stereocenters. The zero-order valence-corrected chi connectivity index (χ0v) is 19.5. The molecular formula is C28H31NO3. The summed E-state index contributed by atoms with van der Waals surface area (Å²) in [7, 11) is 5.63. The molecule has 4 heteroatoms. The van der Waals surface area contributed by atoms with Crippen molar-refractivity contribution in [2.75, 3.05) is 34.4 Å². The highest BCUT2D eigenvalue weighted by molar-refractivity contribution is 6.09. The Morgan fingerprint density at radius 1 is 0.906 bits per heavy atom. The SMILES string of the molecule is COc1ccc(C=CC(=O)c2cc(-c3cc(C)cc(C)c3)ccc2OCCN(C)C)cc1. The lowest BCUT2D eigenvalue weighted by Gasteiger charge is -2.14. The molecule has 0 radical (unpaired) electrons. The molecule has 166 valence electrons. The predicted molar refractivity (Wildman–Crippen MR) is 132 cm³/mol. The minimum atomic E-state index is -0.0908. The van der Waals surface area contributed by atoms with E-state index in [4.69, 9.17) is 9.47 Å². The van der Waals surface area contributed by atoms with Gasteiger partial charge in [0, 0.05) is 6.54 Å². The van der Waals surface area contributed by atoms with E-state index in [1.807, 2.05) is 62.6 Å². The predicted octanol–water partition coefficient (Wildman–Crippen LogP) is 5.82. The highest BCUT2D eigenvalue weighted by atomic mass is 16.5. The summed E-state index contributed by atoms with van der Waals surface area (Å²) in [4.78, 5) is 15.2. The summed E-state index contributed by atoms with van der Waals surface area (Å²) in [5.74, 6) is 1.29. The number of benzene rings is 3. The molecule has 0 aliphatic rings. The van der Waals surface area contributed by atoms with Gasteiger partial charge in [-0.25, -0.2) is 0 Å². The second-order valence-corrected chi connectivity index (χ2v) is 8.21. The van der Waals surface area contributed by atoms with E-state index in [0.717, 1.165) is 29.0 Å². The number of allylic oxidation sites excluding steroid dienone is 1. The van der Waals surface area contributed by atoms with E-state index in [-0.39, 0.29) is 5.78 Å². The second kappa shape index (κ2) is 10.8. The molecule has 0 fully saturated rings. The van der Waals surface area contributed by atoms with Crippen molar-refractivity contribution in [3.8, 4) is 22.6 Å². The van der Waals surface area contributed by atoms with Crippen molar-refractivity contribution in [2.24, 2.45) is 0 Å². The Balaban J connectivity index is 1.92. The molecule has 0 saturated heterocycles. The highest BCUT2D eigenvalue weighted by Gasteiger charge is 2.13. The molecule has 0 amide bonds. The maximum atomic E-state index is 13.2. The third-order valence-corrected chi connectivity index (χ3v) is 5.14. The summed E-state index contributed by atoms with van der Waals surface area (Å²) in [6, 6.07) is 19.9. The van der Waals surface area contributed by atoms with E-state index in [9.17, 15) is 4.79 Å². The fourth-order valence-electron chi connectivity index (χ4n) is 3.48. The molecule has 0 aromatic heterocycles. The molecule has 4 nitrogen and oxygen atoms in total. The first kappa shape index (κ1) is 23.3. The zero-order valence-electron chi connectivity index (χ0n) is 19.5. The van der Waals surface area contributed by atoms with E-state index in [1.54, 1.807) is 13.2 Å². The molecule has 0 heterocycles. The quantitative estimate of drug-likeness (QED) is 0.318. The van der Waals surface area contributed by atoms with Gasteiger partial charge in [0.2, 0.25) is 0 Å². The van der Waals surface area contributed by atoms with Crippen LogP contribution in [0.1, 0.15) is 27.0 Å². The molecule has 0 unspecified atom stereocenters. The molecule has 0 aliphatic heterocycles. The van der Waals surface area contributed by atoms with E-state index in [2.05, 4.69) is 36.9 Å². The molecule has 0 saturated carbocycles. The monoisotopic (exact) mass is 429 g/mol. The number of methoxy groups -OCH3 is 1. The molecule has 0 N–H and O–H groups in total. The van der Waals surface area contributed by atoms with Gasteiger partial charge in [0.15, 0.2) is 5.78 Å². The number of rotatable bonds is 9. The van der Waals surface area contributed by atoms with Crippen LogP contribution in [-0.2, 0) is 0 Å². The maximum absolute atomic E-state index is 13.2. The van der Waals surface area contributed by atoms with E-state index < -0.39 is 0 Å². The lowest BCUT2D eigenvalue weighted by molar-refractivity contribution is 0.104. The van der Waals surface area contributed by atoms with Gasteiger partial charge < -0.3 is 14.4 Å².